The zero-order valence-electron chi connectivity index (χ0n) is 11.9. The van der Waals surface area contributed by atoms with E-state index in [0.29, 0.717) is 0 Å². The lowest BCUT2D eigenvalue weighted by Gasteiger charge is -2.23. The van der Waals surface area contributed by atoms with Crippen LogP contribution in [-0.4, -0.2) is 37.3 Å². The summed E-state index contributed by atoms with van der Waals surface area (Å²) in [4.78, 5) is 11.4. The highest BCUT2D eigenvalue weighted by atomic mass is 32.2. The van der Waals surface area contributed by atoms with Crippen molar-refractivity contribution in [3.63, 3.8) is 0 Å². The molecule has 0 spiro atoms. The number of hydrogen-bond acceptors (Lipinski definition) is 4. The molecule has 1 fully saturated rings. The fourth-order valence-electron chi connectivity index (χ4n) is 2.20. The topological polar surface area (TPSA) is 83.5 Å². The van der Waals surface area contributed by atoms with E-state index in [1.165, 1.54) is 12.1 Å². The Morgan fingerprint density at radius 3 is 2.55 bits per heavy atom. The molecule has 5 nitrogen and oxygen atoms in total. The second kappa shape index (κ2) is 5.92. The van der Waals surface area contributed by atoms with Crippen molar-refractivity contribution in [2.24, 2.45) is 5.92 Å². The Kier molecular flexibility index (Phi) is 4.53. The number of aliphatic hydroxyl groups is 1. The van der Waals surface area contributed by atoms with E-state index in [0.717, 1.165) is 25.0 Å². The fourth-order valence-corrected chi connectivity index (χ4v) is 3.13. The molecule has 1 saturated carbocycles. The first-order chi connectivity index (χ1) is 10.2. The lowest BCUT2D eigenvalue weighted by Crippen LogP contribution is -2.42. The molecule has 22 heavy (non-hydrogen) atoms. The van der Waals surface area contributed by atoms with Gasteiger partial charge in [-0.05, 0) is 37.8 Å². The number of hydrogen-bond donors (Lipinski definition) is 2. The van der Waals surface area contributed by atoms with Gasteiger partial charge in [0.05, 0.1) is 16.1 Å². The maximum Gasteiger partial charge on any atom is 0.341 e. The van der Waals surface area contributed by atoms with Crippen LogP contribution in [0.3, 0.4) is 0 Å². The van der Waals surface area contributed by atoms with Gasteiger partial charge in [-0.3, -0.25) is 4.79 Å². The van der Waals surface area contributed by atoms with Crippen LogP contribution in [0.25, 0.3) is 0 Å². The SMILES string of the molecule is C[C@@](O)(CNC(=O)c1ccccc1S(=O)(=O)C(F)F)C1CC1. The summed E-state index contributed by atoms with van der Waals surface area (Å²) in [7, 11) is -4.87. The third-order valence-corrected chi connectivity index (χ3v) is 5.17. The Morgan fingerprint density at radius 2 is 2.00 bits per heavy atom. The van der Waals surface area contributed by atoms with Crippen molar-refractivity contribution in [3.8, 4) is 0 Å². The molecule has 122 valence electrons. The molecule has 1 aromatic rings. The quantitative estimate of drug-likeness (QED) is 0.828. The predicted molar refractivity (Wildman–Crippen MR) is 75.3 cm³/mol. The standard InChI is InChI=1S/C14H17F2NO4S/c1-14(19,9-6-7-9)8-17-12(18)10-4-2-3-5-11(10)22(20,21)13(15)16/h2-5,9,13,19H,6-8H2,1H3,(H,17,18)/t14-/m1/s1. The van der Waals surface area contributed by atoms with Crippen LogP contribution < -0.4 is 5.32 Å². The Hall–Kier alpha value is -1.54. The molecule has 0 unspecified atom stereocenters. The summed E-state index contributed by atoms with van der Waals surface area (Å²) in [6.07, 6.45) is 1.72. The van der Waals surface area contributed by atoms with Gasteiger partial charge in [0.2, 0.25) is 9.84 Å². The molecule has 2 rings (SSSR count). The molecule has 1 aliphatic carbocycles. The summed E-state index contributed by atoms with van der Waals surface area (Å²) in [6, 6.07) is 4.79. The molecule has 0 radical (unpaired) electrons. The third kappa shape index (κ3) is 3.44. The van der Waals surface area contributed by atoms with Crippen LogP contribution in [0.5, 0.6) is 0 Å². The minimum absolute atomic E-state index is 0.0699. The Balaban J connectivity index is 2.20. The van der Waals surface area contributed by atoms with Gasteiger partial charge in [0.25, 0.3) is 5.91 Å². The average molecular weight is 333 g/mol. The molecule has 0 aromatic heterocycles. The van der Waals surface area contributed by atoms with Crippen LogP contribution in [0.1, 0.15) is 30.1 Å². The van der Waals surface area contributed by atoms with Gasteiger partial charge in [-0.25, -0.2) is 8.42 Å². The largest absolute Gasteiger partial charge is 0.388 e. The number of benzene rings is 1. The summed E-state index contributed by atoms with van der Waals surface area (Å²) in [5.74, 6) is -4.32. The van der Waals surface area contributed by atoms with Crippen molar-refractivity contribution < 1.29 is 27.1 Å². The Labute approximate surface area is 127 Å². The van der Waals surface area contributed by atoms with Crippen LogP contribution >= 0.6 is 0 Å². The van der Waals surface area contributed by atoms with Crippen molar-refractivity contribution >= 4 is 15.7 Å². The smallest absolute Gasteiger partial charge is 0.341 e. The first kappa shape index (κ1) is 16.8. The number of nitrogens with one attached hydrogen (secondary N) is 1. The van der Waals surface area contributed by atoms with Crippen molar-refractivity contribution in [1.82, 2.24) is 5.32 Å². The fraction of sp³-hybridized carbons (Fsp3) is 0.500. The maximum absolute atomic E-state index is 12.7. The van der Waals surface area contributed by atoms with Crippen molar-refractivity contribution in [2.75, 3.05) is 6.54 Å². The number of carbonyl (C=O) groups excluding carboxylic acids is 1. The minimum Gasteiger partial charge on any atom is -0.388 e. The van der Waals surface area contributed by atoms with Crippen LogP contribution in [0.2, 0.25) is 0 Å². The van der Waals surface area contributed by atoms with Crippen LogP contribution in [0, 0.1) is 5.92 Å². The number of carbonyl (C=O) groups is 1. The van der Waals surface area contributed by atoms with Crippen LogP contribution in [-0.2, 0) is 9.84 Å². The average Bonchev–Trinajstić information content (AvgIpc) is 3.29. The zero-order chi connectivity index (χ0) is 16.5. The third-order valence-electron chi connectivity index (χ3n) is 3.74. The highest BCUT2D eigenvalue weighted by Gasteiger charge is 2.40. The van der Waals surface area contributed by atoms with Gasteiger partial charge in [0.1, 0.15) is 0 Å². The molecule has 1 aliphatic rings. The Bertz CT molecular complexity index is 669. The van der Waals surface area contributed by atoms with Crippen molar-refractivity contribution in [3.05, 3.63) is 29.8 Å². The number of alkyl halides is 2. The van der Waals surface area contributed by atoms with Crippen LogP contribution in [0.4, 0.5) is 8.78 Å². The summed E-state index contributed by atoms with van der Waals surface area (Å²) in [5, 5.41) is 12.5. The first-order valence-corrected chi connectivity index (χ1v) is 8.32. The molecule has 1 atom stereocenters. The summed E-state index contributed by atoms with van der Waals surface area (Å²) in [5.41, 5.74) is -1.44. The number of halogens is 2. The van der Waals surface area contributed by atoms with Crippen molar-refractivity contribution in [2.45, 2.75) is 36.0 Å². The molecule has 1 amide bonds. The van der Waals surface area contributed by atoms with Gasteiger partial charge in [0.15, 0.2) is 0 Å². The molecule has 8 heteroatoms. The molecule has 0 aliphatic heterocycles. The van der Waals surface area contributed by atoms with Gasteiger partial charge in [-0.1, -0.05) is 12.1 Å². The molecule has 0 heterocycles. The van der Waals surface area contributed by atoms with Gasteiger partial charge in [-0.15, -0.1) is 0 Å². The summed E-state index contributed by atoms with van der Waals surface area (Å²) < 4.78 is 48.5. The van der Waals surface area contributed by atoms with E-state index in [4.69, 9.17) is 0 Å². The summed E-state index contributed by atoms with van der Waals surface area (Å²) >= 11 is 0. The number of amides is 1. The zero-order valence-corrected chi connectivity index (χ0v) is 12.7. The Morgan fingerprint density at radius 1 is 1.41 bits per heavy atom. The van der Waals surface area contributed by atoms with E-state index in [9.17, 15) is 27.1 Å². The van der Waals surface area contributed by atoms with Gasteiger partial charge < -0.3 is 10.4 Å². The molecular formula is C14H17F2NO4S. The lowest BCUT2D eigenvalue weighted by molar-refractivity contribution is 0.0354. The van der Waals surface area contributed by atoms with E-state index in [2.05, 4.69) is 5.32 Å². The van der Waals surface area contributed by atoms with Gasteiger partial charge >= 0.3 is 5.76 Å². The predicted octanol–water partition coefficient (Wildman–Crippen LogP) is 1.57. The minimum atomic E-state index is -4.87. The monoisotopic (exact) mass is 333 g/mol. The lowest BCUT2D eigenvalue weighted by atomic mass is 10.0. The van der Waals surface area contributed by atoms with E-state index in [1.807, 2.05) is 0 Å². The molecule has 0 saturated heterocycles. The highest BCUT2D eigenvalue weighted by molar-refractivity contribution is 7.91. The molecule has 1 aromatic carbocycles. The van der Waals surface area contributed by atoms with E-state index in [1.54, 1.807) is 6.92 Å². The van der Waals surface area contributed by atoms with E-state index in [-0.39, 0.29) is 18.0 Å². The maximum atomic E-state index is 12.7. The normalized spacial score (nSPS) is 18.0. The highest BCUT2D eigenvalue weighted by Crippen LogP contribution is 2.39. The first-order valence-electron chi connectivity index (χ1n) is 6.78. The number of sulfone groups is 1. The van der Waals surface area contributed by atoms with E-state index >= 15 is 0 Å². The second-order valence-electron chi connectivity index (χ2n) is 5.62. The second-order valence-corrected chi connectivity index (χ2v) is 7.50. The molecule has 2 N–H and O–H groups in total. The van der Waals surface area contributed by atoms with Gasteiger partial charge in [0, 0.05) is 6.54 Å². The van der Waals surface area contributed by atoms with E-state index < -0.39 is 32.0 Å². The number of rotatable bonds is 6. The molecular weight excluding hydrogens is 316 g/mol. The van der Waals surface area contributed by atoms with Crippen LogP contribution in [0.15, 0.2) is 29.2 Å². The summed E-state index contributed by atoms with van der Waals surface area (Å²) in [6.45, 7) is 1.51. The van der Waals surface area contributed by atoms with Crippen molar-refractivity contribution in [1.29, 1.82) is 0 Å². The van der Waals surface area contributed by atoms with Gasteiger partial charge in [-0.2, -0.15) is 8.78 Å². The molecule has 0 bridgehead atoms.